The van der Waals surface area contributed by atoms with E-state index in [0.29, 0.717) is 12.2 Å². The van der Waals surface area contributed by atoms with Gasteiger partial charge in [-0.25, -0.2) is 4.79 Å². The molecule has 4 nitrogen and oxygen atoms in total. The highest BCUT2D eigenvalue weighted by atomic mass is 79.9. The normalized spacial score (nSPS) is 10.5. The van der Waals surface area contributed by atoms with Gasteiger partial charge in [0.2, 0.25) is 0 Å². The lowest BCUT2D eigenvalue weighted by atomic mass is 10.2. The number of carbonyl (C=O) groups is 1. The minimum Gasteiger partial charge on any atom is -0.478 e. The fraction of sp³-hybridized carbons (Fsp3) is 0.167. The van der Waals surface area contributed by atoms with E-state index < -0.39 is 5.97 Å². The summed E-state index contributed by atoms with van der Waals surface area (Å²) in [7, 11) is 0. The smallest absolute Gasteiger partial charge is 0.339 e. The molecule has 2 aromatic rings. The van der Waals surface area contributed by atoms with Gasteiger partial charge in [0.15, 0.2) is 0 Å². The fourth-order valence-corrected chi connectivity index (χ4v) is 2.02. The predicted octanol–water partition coefficient (Wildman–Crippen LogP) is 2.70. The first-order valence-electron chi connectivity index (χ1n) is 5.08. The Kier molecular flexibility index (Phi) is 3.28. The number of carboxylic acid groups (broad SMARTS) is 1. The molecule has 0 saturated carbocycles. The average Bonchev–Trinajstić information content (AvgIpc) is 2.63. The van der Waals surface area contributed by atoms with Crippen LogP contribution in [0.4, 0.5) is 0 Å². The van der Waals surface area contributed by atoms with Crippen LogP contribution in [0.2, 0.25) is 0 Å². The molecule has 88 valence electrons. The van der Waals surface area contributed by atoms with Gasteiger partial charge in [-0.2, -0.15) is 5.10 Å². The molecule has 0 radical (unpaired) electrons. The maximum absolute atomic E-state index is 10.9. The lowest BCUT2D eigenvalue weighted by molar-refractivity contribution is 0.0696. The summed E-state index contributed by atoms with van der Waals surface area (Å²) in [5.74, 6) is -0.944. The molecule has 5 heteroatoms. The molecule has 17 heavy (non-hydrogen) atoms. The number of hydrogen-bond acceptors (Lipinski definition) is 2. The molecule has 0 atom stereocenters. The second-order valence-corrected chi connectivity index (χ2v) is 4.58. The first-order chi connectivity index (χ1) is 8.08. The van der Waals surface area contributed by atoms with E-state index >= 15 is 0 Å². The van der Waals surface area contributed by atoms with Crippen molar-refractivity contribution < 1.29 is 9.90 Å². The lowest BCUT2D eigenvalue weighted by Gasteiger charge is -2.03. The molecule has 0 unspecified atom stereocenters. The standard InChI is InChI=1S/C12H11BrN2O2/c1-8-10(12(16)17)7-15(14-8)6-9-4-2-3-5-11(9)13/h2-5,7H,6H2,1H3,(H,16,17). The summed E-state index contributed by atoms with van der Waals surface area (Å²) >= 11 is 3.45. The minimum absolute atomic E-state index is 0.247. The van der Waals surface area contributed by atoms with Crippen molar-refractivity contribution in [3.63, 3.8) is 0 Å². The third-order valence-corrected chi connectivity index (χ3v) is 3.24. The Bertz CT molecular complexity index is 563. The highest BCUT2D eigenvalue weighted by Gasteiger charge is 2.12. The van der Waals surface area contributed by atoms with E-state index in [4.69, 9.17) is 5.11 Å². The number of aryl methyl sites for hydroxylation is 1. The monoisotopic (exact) mass is 294 g/mol. The summed E-state index contributed by atoms with van der Waals surface area (Å²) < 4.78 is 2.63. The van der Waals surface area contributed by atoms with E-state index in [1.165, 1.54) is 0 Å². The van der Waals surface area contributed by atoms with Crippen molar-refractivity contribution in [1.82, 2.24) is 9.78 Å². The van der Waals surface area contributed by atoms with Gasteiger partial charge >= 0.3 is 5.97 Å². The van der Waals surface area contributed by atoms with E-state index in [0.717, 1.165) is 10.0 Å². The number of nitrogens with zero attached hydrogens (tertiary/aromatic N) is 2. The SMILES string of the molecule is Cc1nn(Cc2ccccc2Br)cc1C(=O)O. The topological polar surface area (TPSA) is 55.1 Å². The molecular weight excluding hydrogens is 284 g/mol. The molecule has 1 aromatic heterocycles. The molecule has 1 N–H and O–H groups in total. The Morgan fingerprint density at radius 1 is 1.47 bits per heavy atom. The zero-order valence-corrected chi connectivity index (χ0v) is 10.8. The molecule has 0 aliphatic carbocycles. The molecule has 2 rings (SSSR count). The van der Waals surface area contributed by atoms with Gasteiger partial charge in [0.25, 0.3) is 0 Å². The van der Waals surface area contributed by atoms with Crippen molar-refractivity contribution in [3.05, 3.63) is 51.8 Å². The maximum Gasteiger partial charge on any atom is 0.339 e. The lowest BCUT2D eigenvalue weighted by Crippen LogP contribution is -2.01. The van der Waals surface area contributed by atoms with Crippen LogP contribution < -0.4 is 0 Å². The van der Waals surface area contributed by atoms with Crippen LogP contribution in [-0.4, -0.2) is 20.9 Å². The molecular formula is C12H11BrN2O2. The molecule has 0 spiro atoms. The third kappa shape index (κ3) is 2.55. The Morgan fingerprint density at radius 2 is 2.18 bits per heavy atom. The van der Waals surface area contributed by atoms with Crippen molar-refractivity contribution in [2.45, 2.75) is 13.5 Å². The predicted molar refractivity (Wildman–Crippen MR) is 67.2 cm³/mol. The Morgan fingerprint density at radius 3 is 2.76 bits per heavy atom. The van der Waals surface area contributed by atoms with Crippen LogP contribution in [0, 0.1) is 6.92 Å². The Balaban J connectivity index is 2.28. The Hall–Kier alpha value is -1.62. The van der Waals surface area contributed by atoms with Gasteiger partial charge in [0, 0.05) is 10.7 Å². The highest BCUT2D eigenvalue weighted by molar-refractivity contribution is 9.10. The summed E-state index contributed by atoms with van der Waals surface area (Å²) in [5, 5.41) is 13.1. The van der Waals surface area contributed by atoms with E-state index in [2.05, 4.69) is 21.0 Å². The summed E-state index contributed by atoms with van der Waals surface area (Å²) in [5.41, 5.74) is 1.84. The zero-order chi connectivity index (χ0) is 12.4. The van der Waals surface area contributed by atoms with Gasteiger partial charge in [-0.3, -0.25) is 4.68 Å². The van der Waals surface area contributed by atoms with Crippen molar-refractivity contribution in [3.8, 4) is 0 Å². The summed E-state index contributed by atoms with van der Waals surface area (Å²) in [6.45, 7) is 2.25. The number of halogens is 1. The minimum atomic E-state index is -0.944. The molecule has 0 amide bonds. The van der Waals surface area contributed by atoms with Crippen LogP contribution in [0.3, 0.4) is 0 Å². The van der Waals surface area contributed by atoms with Crippen molar-refractivity contribution in [2.75, 3.05) is 0 Å². The van der Waals surface area contributed by atoms with Gasteiger partial charge in [0.05, 0.1) is 12.2 Å². The number of rotatable bonds is 3. The van der Waals surface area contributed by atoms with Crippen molar-refractivity contribution in [2.24, 2.45) is 0 Å². The van der Waals surface area contributed by atoms with Gasteiger partial charge in [0.1, 0.15) is 5.56 Å². The van der Waals surface area contributed by atoms with Crippen LogP contribution in [-0.2, 0) is 6.54 Å². The fourth-order valence-electron chi connectivity index (χ4n) is 1.61. The summed E-state index contributed by atoms with van der Waals surface area (Å²) in [6.07, 6.45) is 1.55. The van der Waals surface area contributed by atoms with E-state index in [9.17, 15) is 4.79 Å². The molecule has 1 aromatic carbocycles. The van der Waals surface area contributed by atoms with Gasteiger partial charge < -0.3 is 5.11 Å². The number of aromatic nitrogens is 2. The van der Waals surface area contributed by atoms with Crippen molar-refractivity contribution >= 4 is 21.9 Å². The quantitative estimate of drug-likeness (QED) is 0.947. The van der Waals surface area contributed by atoms with Gasteiger partial charge in [-0.15, -0.1) is 0 Å². The van der Waals surface area contributed by atoms with Crippen molar-refractivity contribution in [1.29, 1.82) is 0 Å². The number of aromatic carboxylic acids is 1. The van der Waals surface area contributed by atoms with Gasteiger partial charge in [-0.05, 0) is 18.6 Å². The second kappa shape index (κ2) is 4.71. The van der Waals surface area contributed by atoms with Crippen LogP contribution >= 0.6 is 15.9 Å². The molecule has 0 bridgehead atoms. The van der Waals surface area contributed by atoms with E-state index in [-0.39, 0.29) is 5.56 Å². The van der Waals surface area contributed by atoms with E-state index in [1.54, 1.807) is 17.8 Å². The summed E-state index contributed by atoms with van der Waals surface area (Å²) in [4.78, 5) is 10.9. The molecule has 0 saturated heterocycles. The van der Waals surface area contributed by atoms with Crippen LogP contribution in [0.25, 0.3) is 0 Å². The summed E-state index contributed by atoms with van der Waals surface area (Å²) in [6, 6.07) is 7.80. The zero-order valence-electron chi connectivity index (χ0n) is 9.22. The molecule has 0 aliphatic heterocycles. The van der Waals surface area contributed by atoms with Crippen LogP contribution in [0.15, 0.2) is 34.9 Å². The van der Waals surface area contributed by atoms with Gasteiger partial charge in [-0.1, -0.05) is 34.1 Å². The first kappa shape index (κ1) is 11.9. The second-order valence-electron chi connectivity index (χ2n) is 3.72. The maximum atomic E-state index is 10.9. The largest absolute Gasteiger partial charge is 0.478 e. The van der Waals surface area contributed by atoms with Crippen LogP contribution in [0.5, 0.6) is 0 Å². The highest BCUT2D eigenvalue weighted by Crippen LogP contribution is 2.17. The number of carboxylic acids is 1. The first-order valence-corrected chi connectivity index (χ1v) is 5.88. The third-order valence-electron chi connectivity index (χ3n) is 2.47. The number of benzene rings is 1. The number of hydrogen-bond donors (Lipinski definition) is 1. The molecule has 0 fully saturated rings. The Labute approximate surface area is 107 Å². The van der Waals surface area contributed by atoms with Crippen LogP contribution in [0.1, 0.15) is 21.6 Å². The molecule has 1 heterocycles. The molecule has 0 aliphatic rings. The average molecular weight is 295 g/mol. The van der Waals surface area contributed by atoms with E-state index in [1.807, 2.05) is 24.3 Å².